The first kappa shape index (κ1) is 28.6. The van der Waals surface area contributed by atoms with Crippen molar-refractivity contribution in [3.63, 3.8) is 0 Å². The third-order valence-corrected chi connectivity index (χ3v) is 8.28. The van der Waals surface area contributed by atoms with E-state index < -0.39 is 11.7 Å². The molecule has 5 heteroatoms. The number of anilines is 1. The molecule has 0 saturated carbocycles. The maximum atomic E-state index is 12.8. The molecule has 0 aliphatic carbocycles. The molecule has 36 heavy (non-hydrogen) atoms. The first-order valence-electron chi connectivity index (χ1n) is 13.9. The quantitative estimate of drug-likeness (QED) is 0.249. The molecule has 2 aliphatic heterocycles. The lowest BCUT2D eigenvalue weighted by atomic mass is 9.63. The summed E-state index contributed by atoms with van der Waals surface area (Å²) in [6, 6.07) is 5.60. The van der Waals surface area contributed by atoms with Crippen molar-refractivity contribution in [2.24, 2.45) is 17.3 Å². The second kappa shape index (κ2) is 13.5. The van der Waals surface area contributed by atoms with E-state index >= 15 is 0 Å². The minimum atomic E-state index is -4.27. The molecule has 0 spiro atoms. The molecule has 2 nitrogen and oxygen atoms in total. The van der Waals surface area contributed by atoms with Gasteiger partial charge in [0.15, 0.2) is 0 Å². The molecule has 0 bridgehead atoms. The number of alkyl halides is 3. The number of likely N-dealkylation sites (tertiary alicyclic amines) is 1. The van der Waals surface area contributed by atoms with Crippen LogP contribution in [0.3, 0.4) is 0 Å². The highest BCUT2D eigenvalue weighted by Gasteiger charge is 2.39. The summed E-state index contributed by atoms with van der Waals surface area (Å²) in [5.74, 6) is 1.38. The molecule has 0 amide bonds. The van der Waals surface area contributed by atoms with Crippen molar-refractivity contribution in [2.45, 2.75) is 71.4 Å². The molecular weight excluding hydrogens is 457 g/mol. The van der Waals surface area contributed by atoms with Crippen molar-refractivity contribution in [1.82, 2.24) is 4.90 Å². The van der Waals surface area contributed by atoms with Gasteiger partial charge in [0.05, 0.1) is 5.56 Å². The van der Waals surface area contributed by atoms with Crippen LogP contribution in [-0.2, 0) is 6.18 Å². The Morgan fingerprint density at radius 3 is 2.22 bits per heavy atom. The Kier molecular flexibility index (Phi) is 10.7. The predicted molar refractivity (Wildman–Crippen MR) is 146 cm³/mol. The third kappa shape index (κ3) is 7.74. The number of rotatable bonds is 13. The molecule has 1 aromatic carbocycles. The smallest absolute Gasteiger partial charge is 0.371 e. The van der Waals surface area contributed by atoms with Gasteiger partial charge in [0.1, 0.15) is 0 Å². The molecule has 0 radical (unpaired) electrons. The van der Waals surface area contributed by atoms with Crippen LogP contribution in [0.1, 0.15) is 70.8 Å². The number of hydrogen-bond acceptors (Lipinski definition) is 2. The number of hydrogen-bond donors (Lipinski definition) is 0. The van der Waals surface area contributed by atoms with Crippen LogP contribution in [0.5, 0.6) is 0 Å². The van der Waals surface area contributed by atoms with Gasteiger partial charge in [-0.1, -0.05) is 70.1 Å². The summed E-state index contributed by atoms with van der Waals surface area (Å²) in [7, 11) is 0. The average Bonchev–Trinajstić information content (AvgIpc) is 2.84. The van der Waals surface area contributed by atoms with Gasteiger partial charge in [-0.3, -0.25) is 0 Å². The van der Waals surface area contributed by atoms with E-state index in [9.17, 15) is 13.2 Å². The third-order valence-electron chi connectivity index (χ3n) is 8.28. The Morgan fingerprint density at radius 2 is 1.64 bits per heavy atom. The Morgan fingerprint density at radius 1 is 0.944 bits per heavy atom. The lowest BCUT2D eigenvalue weighted by molar-refractivity contribution is -0.137. The first-order chi connectivity index (χ1) is 17.3. The molecule has 0 aromatic heterocycles. The SMILES string of the molecule is C=C/C=C\C=C/CC(CCC)(CCCC)C1CCN(CC2CN(c3ccc(C(F)(F)F)cc3)C2)CC1. The molecule has 1 atom stereocenters. The zero-order chi connectivity index (χ0) is 26.0. The fourth-order valence-electron chi connectivity index (χ4n) is 6.31. The average molecular weight is 503 g/mol. The number of nitrogens with zero attached hydrogens (tertiary/aromatic N) is 2. The number of halogens is 3. The van der Waals surface area contributed by atoms with E-state index in [2.05, 4.69) is 48.5 Å². The van der Waals surface area contributed by atoms with Crippen molar-refractivity contribution >= 4 is 5.69 Å². The monoisotopic (exact) mass is 502 g/mol. The van der Waals surface area contributed by atoms with Crippen molar-refractivity contribution in [3.05, 3.63) is 66.8 Å². The molecule has 200 valence electrons. The van der Waals surface area contributed by atoms with Gasteiger partial charge in [0, 0.05) is 31.2 Å². The highest BCUT2D eigenvalue weighted by Crippen LogP contribution is 2.47. The van der Waals surface area contributed by atoms with Crippen LogP contribution in [0.2, 0.25) is 0 Å². The van der Waals surface area contributed by atoms with Crippen molar-refractivity contribution in [3.8, 4) is 0 Å². The first-order valence-corrected chi connectivity index (χ1v) is 13.9. The number of unbranched alkanes of at least 4 members (excludes halogenated alkanes) is 1. The van der Waals surface area contributed by atoms with Gasteiger partial charge in [-0.15, -0.1) is 0 Å². The molecule has 1 unspecified atom stereocenters. The molecule has 0 N–H and O–H groups in total. The Balaban J connectivity index is 1.50. The lowest BCUT2D eigenvalue weighted by Gasteiger charge is -2.48. The van der Waals surface area contributed by atoms with Crippen LogP contribution in [0.15, 0.2) is 61.2 Å². The second-order valence-electron chi connectivity index (χ2n) is 10.9. The van der Waals surface area contributed by atoms with Crippen LogP contribution in [-0.4, -0.2) is 37.6 Å². The maximum absolute atomic E-state index is 12.8. The van der Waals surface area contributed by atoms with E-state index in [1.54, 1.807) is 12.1 Å². The van der Waals surface area contributed by atoms with Gasteiger partial charge in [-0.25, -0.2) is 0 Å². The fourth-order valence-corrected chi connectivity index (χ4v) is 6.31. The largest absolute Gasteiger partial charge is 0.416 e. The summed E-state index contributed by atoms with van der Waals surface area (Å²) in [6.45, 7) is 13.7. The standard InChI is InChI=1S/C31H45F3N2/c1-4-7-9-10-11-20-30(18-6-3,19-8-5-2)27-16-21-35(22-17-27)23-26-24-36(25-26)29-14-12-28(13-15-29)31(32,33)34/h4,7,9-15,26-27H,1,5-6,8,16-25H2,2-3H3/b9-7-,11-10-. The zero-order valence-corrected chi connectivity index (χ0v) is 22.3. The molecule has 2 aliphatic rings. The van der Waals surface area contributed by atoms with Crippen molar-refractivity contribution < 1.29 is 13.2 Å². The number of allylic oxidation sites excluding steroid dienone is 5. The molecular formula is C31H45F3N2. The van der Waals surface area contributed by atoms with E-state index in [1.807, 2.05) is 12.2 Å². The summed E-state index contributed by atoms with van der Waals surface area (Å²) in [5, 5.41) is 0. The predicted octanol–water partition coefficient (Wildman–Crippen LogP) is 8.52. The molecule has 1 aromatic rings. The van der Waals surface area contributed by atoms with E-state index in [-0.39, 0.29) is 0 Å². The van der Waals surface area contributed by atoms with Crippen LogP contribution in [0.4, 0.5) is 18.9 Å². The van der Waals surface area contributed by atoms with Crippen LogP contribution in [0.25, 0.3) is 0 Å². The maximum Gasteiger partial charge on any atom is 0.416 e. The highest BCUT2D eigenvalue weighted by molar-refractivity contribution is 5.50. The Hall–Kier alpha value is -2.01. The van der Waals surface area contributed by atoms with Crippen molar-refractivity contribution in [2.75, 3.05) is 37.6 Å². The Bertz CT molecular complexity index is 844. The molecule has 2 fully saturated rings. The molecule has 2 heterocycles. The van der Waals surface area contributed by atoms with Gasteiger partial charge in [0.2, 0.25) is 0 Å². The number of benzene rings is 1. The molecule has 2 saturated heterocycles. The molecule has 3 rings (SSSR count). The fraction of sp³-hybridized carbons (Fsp3) is 0.613. The summed E-state index contributed by atoms with van der Waals surface area (Å²) >= 11 is 0. The van der Waals surface area contributed by atoms with Crippen LogP contribution < -0.4 is 4.90 Å². The van der Waals surface area contributed by atoms with Crippen LogP contribution >= 0.6 is 0 Å². The minimum absolute atomic E-state index is 0.408. The topological polar surface area (TPSA) is 6.48 Å². The summed E-state index contributed by atoms with van der Waals surface area (Å²) in [5.41, 5.74) is 0.729. The van der Waals surface area contributed by atoms with E-state index in [4.69, 9.17) is 0 Å². The van der Waals surface area contributed by atoms with Gasteiger partial charge in [-0.2, -0.15) is 13.2 Å². The van der Waals surface area contributed by atoms with E-state index in [0.29, 0.717) is 11.3 Å². The summed E-state index contributed by atoms with van der Waals surface area (Å²) in [4.78, 5) is 4.83. The van der Waals surface area contributed by atoms with Crippen molar-refractivity contribution in [1.29, 1.82) is 0 Å². The Labute approximate surface area is 216 Å². The normalized spacial score (nSPS) is 20.2. The van der Waals surface area contributed by atoms with E-state index in [0.717, 1.165) is 37.7 Å². The van der Waals surface area contributed by atoms with Gasteiger partial charge in [0.25, 0.3) is 0 Å². The van der Waals surface area contributed by atoms with Gasteiger partial charge in [-0.05, 0) is 80.8 Å². The number of piperidine rings is 1. The minimum Gasteiger partial charge on any atom is -0.371 e. The van der Waals surface area contributed by atoms with Gasteiger partial charge < -0.3 is 9.80 Å². The van der Waals surface area contributed by atoms with Gasteiger partial charge >= 0.3 is 6.18 Å². The highest BCUT2D eigenvalue weighted by atomic mass is 19.4. The lowest BCUT2D eigenvalue weighted by Crippen LogP contribution is -2.53. The van der Waals surface area contributed by atoms with E-state index in [1.165, 1.54) is 70.2 Å². The summed E-state index contributed by atoms with van der Waals surface area (Å²) in [6.07, 6.45) is 16.3. The second-order valence-corrected chi connectivity index (χ2v) is 10.9. The summed E-state index contributed by atoms with van der Waals surface area (Å²) < 4.78 is 38.5. The zero-order valence-electron chi connectivity index (χ0n) is 22.3. The van der Waals surface area contributed by atoms with Crippen LogP contribution in [0, 0.1) is 17.3 Å².